The number of halogens is 2. The van der Waals surface area contributed by atoms with Gasteiger partial charge in [-0.1, -0.05) is 23.2 Å². The van der Waals surface area contributed by atoms with Gasteiger partial charge >= 0.3 is 5.69 Å². The van der Waals surface area contributed by atoms with Crippen LogP contribution in [0.25, 0.3) is 0 Å². The molecule has 0 aliphatic heterocycles. The largest absolute Gasteiger partial charge is 0.354 e. The van der Waals surface area contributed by atoms with Gasteiger partial charge in [-0.05, 0) is 39.0 Å². The fourth-order valence-electron chi connectivity index (χ4n) is 1.70. The van der Waals surface area contributed by atoms with Crippen molar-refractivity contribution < 1.29 is 4.92 Å². The van der Waals surface area contributed by atoms with Crippen molar-refractivity contribution in [1.82, 2.24) is 15.4 Å². The number of nitrogens with zero attached hydrogens (tertiary/aromatic N) is 3. The van der Waals surface area contributed by atoms with Crippen LogP contribution in [0, 0.1) is 10.1 Å². The first-order valence-electron chi connectivity index (χ1n) is 6.92. The van der Waals surface area contributed by atoms with Crippen LogP contribution in [0.1, 0.15) is 20.8 Å². The summed E-state index contributed by atoms with van der Waals surface area (Å²) in [6.07, 6.45) is 1.21. The number of rotatable bonds is 5. The normalized spacial score (nSPS) is 11.2. The van der Waals surface area contributed by atoms with Crippen LogP contribution in [0.3, 0.4) is 0 Å². The number of aromatic nitrogens is 2. The van der Waals surface area contributed by atoms with Crippen molar-refractivity contribution in [3.05, 3.63) is 44.7 Å². The van der Waals surface area contributed by atoms with Crippen LogP contribution in [0.2, 0.25) is 10.0 Å². The van der Waals surface area contributed by atoms with Crippen molar-refractivity contribution in [2.75, 3.05) is 10.7 Å². The Balaban J connectivity index is 2.37. The minimum absolute atomic E-state index is 0.0115. The number of nitro groups is 1. The standard InChI is InChI=1S/C14H16Cl2N6O2/c1-14(2,3)21-20-13-11(22(23)24)12(17-7-18-13)19-10-5-4-8(15)6-9(10)16/h4-7,21H,1-3H3,(H2,17,18,19,20). The van der Waals surface area contributed by atoms with Crippen LogP contribution >= 0.6 is 23.2 Å². The van der Waals surface area contributed by atoms with E-state index in [4.69, 9.17) is 23.2 Å². The third-order valence-electron chi connectivity index (χ3n) is 2.74. The van der Waals surface area contributed by atoms with E-state index in [0.717, 1.165) is 0 Å². The first-order valence-corrected chi connectivity index (χ1v) is 7.67. The Bertz CT molecular complexity index is 763. The van der Waals surface area contributed by atoms with Gasteiger partial charge in [-0.25, -0.2) is 15.4 Å². The highest BCUT2D eigenvalue weighted by Gasteiger charge is 2.24. The molecular formula is C14H16Cl2N6O2. The van der Waals surface area contributed by atoms with Crippen molar-refractivity contribution in [2.24, 2.45) is 0 Å². The van der Waals surface area contributed by atoms with E-state index in [9.17, 15) is 10.1 Å². The van der Waals surface area contributed by atoms with E-state index in [0.29, 0.717) is 15.7 Å². The Kier molecular flexibility index (Phi) is 5.43. The maximum atomic E-state index is 11.5. The molecule has 0 saturated carbocycles. The first-order chi connectivity index (χ1) is 11.2. The molecule has 2 aromatic rings. The molecule has 0 radical (unpaired) electrons. The topological polar surface area (TPSA) is 105 Å². The summed E-state index contributed by atoms with van der Waals surface area (Å²) >= 11 is 11.9. The van der Waals surface area contributed by atoms with Gasteiger partial charge in [-0.3, -0.25) is 15.5 Å². The molecule has 2 rings (SSSR count). The Morgan fingerprint density at radius 3 is 2.42 bits per heavy atom. The van der Waals surface area contributed by atoms with Crippen molar-refractivity contribution in [2.45, 2.75) is 26.3 Å². The zero-order valence-electron chi connectivity index (χ0n) is 13.2. The van der Waals surface area contributed by atoms with Gasteiger partial charge < -0.3 is 5.32 Å². The van der Waals surface area contributed by atoms with Crippen molar-refractivity contribution in [1.29, 1.82) is 0 Å². The van der Waals surface area contributed by atoms with E-state index in [2.05, 4.69) is 26.1 Å². The van der Waals surface area contributed by atoms with Gasteiger partial charge in [-0.2, -0.15) is 0 Å². The highest BCUT2D eigenvalue weighted by Crippen LogP contribution is 2.34. The SMILES string of the molecule is CC(C)(C)NNc1ncnc(Nc2ccc(Cl)cc2Cl)c1[N+](=O)[O-]. The number of anilines is 3. The Labute approximate surface area is 148 Å². The summed E-state index contributed by atoms with van der Waals surface area (Å²) in [4.78, 5) is 18.8. The lowest BCUT2D eigenvalue weighted by molar-refractivity contribution is -0.383. The molecule has 3 N–H and O–H groups in total. The predicted octanol–water partition coefficient (Wildman–Crippen LogP) is 4.15. The molecule has 0 aliphatic rings. The van der Waals surface area contributed by atoms with E-state index < -0.39 is 4.92 Å². The van der Waals surface area contributed by atoms with E-state index in [1.807, 2.05) is 20.8 Å². The maximum Gasteiger partial charge on any atom is 0.354 e. The van der Waals surface area contributed by atoms with Crippen LogP contribution in [0.4, 0.5) is 23.0 Å². The molecule has 0 unspecified atom stereocenters. The Hall–Kier alpha value is -2.16. The second-order valence-corrected chi connectivity index (χ2v) is 6.77. The van der Waals surface area contributed by atoms with Crippen molar-refractivity contribution in [3.8, 4) is 0 Å². The lowest BCUT2D eigenvalue weighted by Crippen LogP contribution is -2.40. The Morgan fingerprint density at radius 1 is 1.17 bits per heavy atom. The molecule has 1 heterocycles. The lowest BCUT2D eigenvalue weighted by Gasteiger charge is -2.21. The monoisotopic (exact) mass is 370 g/mol. The van der Waals surface area contributed by atoms with Crippen LogP contribution in [-0.2, 0) is 0 Å². The zero-order chi connectivity index (χ0) is 17.9. The van der Waals surface area contributed by atoms with Crippen LogP contribution in [0.5, 0.6) is 0 Å². The molecule has 0 fully saturated rings. The van der Waals surface area contributed by atoms with E-state index in [1.54, 1.807) is 12.1 Å². The fourth-order valence-corrected chi connectivity index (χ4v) is 2.16. The summed E-state index contributed by atoms with van der Waals surface area (Å²) in [7, 11) is 0. The second kappa shape index (κ2) is 7.16. The number of hydrazine groups is 1. The maximum absolute atomic E-state index is 11.5. The first kappa shape index (κ1) is 18.2. The van der Waals surface area contributed by atoms with Gasteiger partial charge in [0.25, 0.3) is 0 Å². The van der Waals surface area contributed by atoms with E-state index in [1.165, 1.54) is 12.4 Å². The summed E-state index contributed by atoms with van der Waals surface area (Å²) in [5.74, 6) is 0.0509. The molecule has 1 aromatic carbocycles. The molecule has 0 atom stereocenters. The number of hydrogen-bond acceptors (Lipinski definition) is 7. The molecule has 1 aromatic heterocycles. The smallest absolute Gasteiger partial charge is 0.333 e. The summed E-state index contributed by atoms with van der Waals surface area (Å²) in [6, 6.07) is 4.75. The van der Waals surface area contributed by atoms with Crippen molar-refractivity contribution in [3.63, 3.8) is 0 Å². The van der Waals surface area contributed by atoms with Gasteiger partial charge in [0, 0.05) is 10.6 Å². The predicted molar refractivity (Wildman–Crippen MR) is 94.9 cm³/mol. The summed E-state index contributed by atoms with van der Waals surface area (Å²) in [5.41, 5.74) is 5.50. The zero-order valence-corrected chi connectivity index (χ0v) is 14.7. The quantitative estimate of drug-likeness (QED) is 0.536. The molecule has 128 valence electrons. The highest BCUT2D eigenvalue weighted by atomic mass is 35.5. The molecule has 24 heavy (non-hydrogen) atoms. The average molecular weight is 371 g/mol. The molecule has 0 spiro atoms. The third kappa shape index (κ3) is 4.67. The second-order valence-electron chi connectivity index (χ2n) is 5.93. The van der Waals surface area contributed by atoms with E-state index >= 15 is 0 Å². The molecule has 8 nitrogen and oxygen atoms in total. The van der Waals surface area contributed by atoms with Crippen LogP contribution in [0.15, 0.2) is 24.5 Å². The summed E-state index contributed by atoms with van der Waals surface area (Å²) in [5, 5.41) is 15.1. The van der Waals surface area contributed by atoms with Gasteiger partial charge in [0.15, 0.2) is 0 Å². The molecular weight excluding hydrogens is 355 g/mol. The summed E-state index contributed by atoms with van der Waals surface area (Å²) < 4.78 is 0. The number of nitrogens with one attached hydrogen (secondary N) is 3. The molecule has 10 heteroatoms. The summed E-state index contributed by atoms with van der Waals surface area (Å²) in [6.45, 7) is 5.71. The van der Waals surface area contributed by atoms with Crippen molar-refractivity contribution >= 4 is 46.2 Å². The van der Waals surface area contributed by atoms with Crippen LogP contribution in [-0.4, -0.2) is 20.4 Å². The van der Waals surface area contributed by atoms with E-state index in [-0.39, 0.29) is 22.9 Å². The minimum atomic E-state index is -0.571. The number of hydrogen-bond donors (Lipinski definition) is 3. The van der Waals surface area contributed by atoms with Gasteiger partial charge in [0.2, 0.25) is 11.6 Å². The minimum Gasteiger partial charge on any atom is -0.333 e. The fraction of sp³-hybridized carbons (Fsp3) is 0.286. The molecule has 0 bridgehead atoms. The van der Waals surface area contributed by atoms with Gasteiger partial charge in [-0.15, -0.1) is 0 Å². The van der Waals surface area contributed by atoms with Gasteiger partial charge in [0.1, 0.15) is 6.33 Å². The third-order valence-corrected chi connectivity index (χ3v) is 3.29. The van der Waals surface area contributed by atoms with Gasteiger partial charge in [0.05, 0.1) is 15.6 Å². The number of benzene rings is 1. The Morgan fingerprint density at radius 2 is 1.83 bits per heavy atom. The molecule has 0 aliphatic carbocycles. The lowest BCUT2D eigenvalue weighted by atomic mass is 10.1. The molecule has 0 saturated heterocycles. The van der Waals surface area contributed by atoms with Crippen LogP contribution < -0.4 is 16.2 Å². The average Bonchev–Trinajstić information content (AvgIpc) is 2.47. The highest BCUT2D eigenvalue weighted by molar-refractivity contribution is 6.36. The molecule has 0 amide bonds.